The number of amides is 1. The lowest BCUT2D eigenvalue weighted by Gasteiger charge is -2.47. The molecule has 2 aromatic rings. The Morgan fingerprint density at radius 1 is 1.27 bits per heavy atom. The summed E-state index contributed by atoms with van der Waals surface area (Å²) >= 11 is 0. The molecule has 4 fully saturated rings. The zero-order chi connectivity index (χ0) is 20.5. The Hall–Kier alpha value is -2.45. The third-order valence-corrected chi connectivity index (χ3v) is 7.02. The van der Waals surface area contributed by atoms with Gasteiger partial charge in [0.2, 0.25) is 5.91 Å². The summed E-state index contributed by atoms with van der Waals surface area (Å²) in [5.74, 6) is 1.85. The highest BCUT2D eigenvalue weighted by atomic mass is 16.5. The molecule has 8 heteroatoms. The summed E-state index contributed by atoms with van der Waals surface area (Å²) in [6.07, 6.45) is 4.27. The van der Waals surface area contributed by atoms with Crippen molar-refractivity contribution in [3.63, 3.8) is 0 Å². The summed E-state index contributed by atoms with van der Waals surface area (Å²) in [4.78, 5) is 16.6. The Bertz CT molecular complexity index is 877. The van der Waals surface area contributed by atoms with Crippen LogP contribution in [0.4, 0.5) is 0 Å². The van der Waals surface area contributed by atoms with Crippen molar-refractivity contribution < 1.29 is 19.2 Å². The van der Waals surface area contributed by atoms with Crippen LogP contribution in [0.2, 0.25) is 0 Å². The SMILES string of the molecule is COc1ccc(-c2cn(C[C@H]3C[C@@H]4CC[NH+]3C[C@@H]4C(=O)N3CCOCC3)nn2)cc1. The van der Waals surface area contributed by atoms with Gasteiger partial charge in [-0.2, -0.15) is 0 Å². The van der Waals surface area contributed by atoms with E-state index in [1.807, 2.05) is 40.0 Å². The van der Waals surface area contributed by atoms with Gasteiger partial charge in [-0.1, -0.05) is 5.21 Å². The first kappa shape index (κ1) is 19.5. The number of methoxy groups -OCH3 is 1. The van der Waals surface area contributed by atoms with E-state index in [-0.39, 0.29) is 5.92 Å². The number of ether oxygens (including phenoxy) is 2. The van der Waals surface area contributed by atoms with E-state index in [1.165, 1.54) is 0 Å². The molecule has 0 saturated carbocycles. The number of morpholine rings is 1. The van der Waals surface area contributed by atoms with Crippen molar-refractivity contribution in [3.05, 3.63) is 30.5 Å². The molecule has 2 bridgehead atoms. The lowest BCUT2D eigenvalue weighted by Crippen LogP contribution is -3.20. The second kappa shape index (κ2) is 8.35. The average molecular weight is 413 g/mol. The van der Waals surface area contributed by atoms with E-state index in [4.69, 9.17) is 9.47 Å². The molecule has 1 aromatic carbocycles. The molecule has 8 nitrogen and oxygen atoms in total. The van der Waals surface area contributed by atoms with Crippen LogP contribution in [-0.2, 0) is 16.1 Å². The molecule has 0 spiro atoms. The summed E-state index contributed by atoms with van der Waals surface area (Å²) < 4.78 is 12.6. The maximum absolute atomic E-state index is 13.0. The van der Waals surface area contributed by atoms with Crippen molar-refractivity contribution in [1.82, 2.24) is 19.9 Å². The van der Waals surface area contributed by atoms with Gasteiger partial charge in [0.05, 0.1) is 52.1 Å². The Kier molecular flexibility index (Phi) is 5.43. The highest BCUT2D eigenvalue weighted by molar-refractivity contribution is 5.79. The van der Waals surface area contributed by atoms with Gasteiger partial charge in [0.1, 0.15) is 17.5 Å². The number of fused-ring (bicyclic) bond motifs is 3. The predicted molar refractivity (Wildman–Crippen MR) is 110 cm³/mol. The Morgan fingerprint density at radius 3 is 2.77 bits per heavy atom. The van der Waals surface area contributed by atoms with Crippen molar-refractivity contribution in [3.8, 4) is 17.0 Å². The lowest BCUT2D eigenvalue weighted by molar-refractivity contribution is -0.945. The van der Waals surface area contributed by atoms with E-state index in [2.05, 4.69) is 10.3 Å². The molecule has 1 aromatic heterocycles. The standard InChI is InChI=1S/C22H29N5O3/c1-29-19-4-2-16(3-5-19)21-15-27(24-23-21)13-18-12-17-6-7-26(18)14-20(17)22(28)25-8-10-30-11-9-25/h2-5,15,17-18,20H,6-14H2,1H3/p+1/t17-,18+,20-/m0/s1. The number of carbonyl (C=O) groups is 1. The molecule has 4 atom stereocenters. The zero-order valence-corrected chi connectivity index (χ0v) is 17.5. The Labute approximate surface area is 176 Å². The van der Waals surface area contributed by atoms with E-state index in [9.17, 15) is 4.79 Å². The molecule has 0 radical (unpaired) electrons. The molecular weight excluding hydrogens is 382 g/mol. The summed E-state index contributed by atoms with van der Waals surface area (Å²) in [6, 6.07) is 8.40. The van der Waals surface area contributed by atoms with Gasteiger partial charge in [-0.25, -0.2) is 4.68 Å². The van der Waals surface area contributed by atoms with Crippen LogP contribution in [-0.4, -0.2) is 78.3 Å². The number of rotatable bonds is 5. The maximum Gasteiger partial charge on any atom is 0.231 e. The summed E-state index contributed by atoms with van der Waals surface area (Å²) in [6.45, 7) is 5.79. The van der Waals surface area contributed by atoms with E-state index in [0.29, 0.717) is 31.1 Å². The first-order valence-electron chi connectivity index (χ1n) is 11.0. The van der Waals surface area contributed by atoms with Gasteiger partial charge in [-0.05, 0) is 30.2 Å². The summed E-state index contributed by atoms with van der Waals surface area (Å²) in [7, 11) is 1.67. The van der Waals surface area contributed by atoms with Gasteiger partial charge in [0.25, 0.3) is 0 Å². The van der Waals surface area contributed by atoms with Crippen LogP contribution in [0.1, 0.15) is 12.8 Å². The second-order valence-electron chi connectivity index (χ2n) is 8.69. The maximum atomic E-state index is 13.0. The summed E-state index contributed by atoms with van der Waals surface area (Å²) in [5.41, 5.74) is 1.92. The molecule has 4 aliphatic heterocycles. The smallest absolute Gasteiger partial charge is 0.231 e. The molecule has 30 heavy (non-hydrogen) atoms. The molecule has 1 amide bonds. The summed E-state index contributed by atoms with van der Waals surface area (Å²) in [5, 5.41) is 8.74. The van der Waals surface area contributed by atoms with Gasteiger partial charge >= 0.3 is 0 Å². The highest BCUT2D eigenvalue weighted by Gasteiger charge is 2.47. The monoisotopic (exact) mass is 412 g/mol. The van der Waals surface area contributed by atoms with Crippen LogP contribution < -0.4 is 9.64 Å². The van der Waals surface area contributed by atoms with E-state index >= 15 is 0 Å². The molecular formula is C22H30N5O3+. The highest BCUT2D eigenvalue weighted by Crippen LogP contribution is 2.29. The van der Waals surface area contributed by atoms with Crippen molar-refractivity contribution in [2.24, 2.45) is 11.8 Å². The Morgan fingerprint density at radius 2 is 2.07 bits per heavy atom. The van der Waals surface area contributed by atoms with Gasteiger partial charge < -0.3 is 19.3 Å². The van der Waals surface area contributed by atoms with Crippen molar-refractivity contribution in [1.29, 1.82) is 0 Å². The molecule has 1 N–H and O–H groups in total. The van der Waals surface area contributed by atoms with Gasteiger partial charge in [0, 0.05) is 31.5 Å². The fraction of sp³-hybridized carbons (Fsp3) is 0.591. The number of aromatic nitrogens is 3. The number of benzene rings is 1. The number of piperidine rings is 3. The molecule has 1 unspecified atom stereocenters. The molecule has 160 valence electrons. The topological polar surface area (TPSA) is 73.9 Å². The lowest BCUT2D eigenvalue weighted by atomic mass is 9.75. The number of hydrogen-bond donors (Lipinski definition) is 1. The number of nitrogens with one attached hydrogen (secondary N) is 1. The van der Waals surface area contributed by atoms with Gasteiger partial charge in [0.15, 0.2) is 0 Å². The molecule has 6 rings (SSSR count). The molecule has 4 aliphatic rings. The van der Waals surface area contributed by atoms with Crippen molar-refractivity contribution in [2.45, 2.75) is 25.4 Å². The minimum absolute atomic E-state index is 0.175. The van der Waals surface area contributed by atoms with E-state index < -0.39 is 0 Å². The molecule has 5 heterocycles. The average Bonchev–Trinajstić information content (AvgIpc) is 3.28. The second-order valence-corrected chi connectivity index (χ2v) is 8.69. The Balaban J connectivity index is 1.22. The fourth-order valence-electron chi connectivity index (χ4n) is 5.33. The zero-order valence-electron chi connectivity index (χ0n) is 17.5. The van der Waals surface area contributed by atoms with Crippen LogP contribution in [0.15, 0.2) is 30.5 Å². The minimum atomic E-state index is 0.175. The molecule has 0 aliphatic carbocycles. The third-order valence-electron chi connectivity index (χ3n) is 7.02. The van der Waals surface area contributed by atoms with Gasteiger partial charge in [-0.3, -0.25) is 4.79 Å². The van der Waals surface area contributed by atoms with Crippen LogP contribution in [0.5, 0.6) is 5.75 Å². The number of nitrogens with zero attached hydrogens (tertiary/aromatic N) is 4. The first-order valence-corrected chi connectivity index (χ1v) is 11.0. The largest absolute Gasteiger partial charge is 0.497 e. The number of quaternary nitrogens is 1. The quantitative estimate of drug-likeness (QED) is 0.755. The van der Waals surface area contributed by atoms with Crippen LogP contribution in [0.25, 0.3) is 11.3 Å². The van der Waals surface area contributed by atoms with E-state index in [0.717, 1.165) is 62.6 Å². The van der Waals surface area contributed by atoms with Crippen LogP contribution in [0, 0.1) is 11.8 Å². The fourth-order valence-corrected chi connectivity index (χ4v) is 5.33. The molecule has 4 saturated heterocycles. The van der Waals surface area contributed by atoms with Crippen molar-refractivity contribution in [2.75, 3.05) is 46.5 Å². The normalized spacial score (nSPS) is 28.5. The third kappa shape index (κ3) is 3.81. The number of hydrogen-bond acceptors (Lipinski definition) is 5. The van der Waals surface area contributed by atoms with Crippen molar-refractivity contribution >= 4 is 5.91 Å². The van der Waals surface area contributed by atoms with E-state index in [1.54, 1.807) is 12.0 Å². The number of carbonyl (C=O) groups excluding carboxylic acids is 1. The predicted octanol–water partition coefficient (Wildman–Crippen LogP) is 0.106. The first-order chi connectivity index (χ1) is 14.7. The van der Waals surface area contributed by atoms with Crippen LogP contribution >= 0.6 is 0 Å². The van der Waals surface area contributed by atoms with Gasteiger partial charge in [-0.15, -0.1) is 5.10 Å². The van der Waals surface area contributed by atoms with Crippen LogP contribution in [0.3, 0.4) is 0 Å². The minimum Gasteiger partial charge on any atom is -0.497 e.